The first-order chi connectivity index (χ1) is 10.1. The topological polar surface area (TPSA) is 52.7 Å². The first kappa shape index (κ1) is 16.3. The minimum atomic E-state index is 0.123. The van der Waals surface area contributed by atoms with Crippen molar-refractivity contribution in [2.75, 3.05) is 33.7 Å². The lowest BCUT2D eigenvalue weighted by atomic mass is 9.94. The summed E-state index contributed by atoms with van der Waals surface area (Å²) in [6.07, 6.45) is 7.84. The number of rotatable bonds is 4. The molecule has 21 heavy (non-hydrogen) atoms. The Balaban J connectivity index is 1.74. The van der Waals surface area contributed by atoms with Gasteiger partial charge < -0.3 is 10.2 Å². The van der Waals surface area contributed by atoms with Crippen molar-refractivity contribution in [1.82, 2.24) is 15.1 Å². The van der Waals surface area contributed by atoms with Crippen LogP contribution in [0.5, 0.6) is 0 Å². The molecule has 0 aromatic carbocycles. The molecule has 0 radical (unpaired) electrons. The smallest absolute Gasteiger partial charge is 0.236 e. The molecule has 1 aliphatic carbocycles. The summed E-state index contributed by atoms with van der Waals surface area (Å²) in [4.78, 5) is 28.2. The summed E-state index contributed by atoms with van der Waals surface area (Å²) >= 11 is 0. The fourth-order valence-electron chi connectivity index (χ4n) is 3.53. The van der Waals surface area contributed by atoms with E-state index in [1.807, 2.05) is 11.9 Å². The molecule has 0 bridgehead atoms. The number of nitrogens with zero attached hydrogens (tertiary/aromatic N) is 2. The third-order valence-electron chi connectivity index (χ3n) is 5.08. The molecule has 2 rings (SSSR count). The van der Waals surface area contributed by atoms with Gasteiger partial charge >= 0.3 is 0 Å². The monoisotopic (exact) mass is 295 g/mol. The number of nitrogens with one attached hydrogen (secondary N) is 1. The molecule has 0 spiro atoms. The van der Waals surface area contributed by atoms with Gasteiger partial charge in [-0.25, -0.2) is 0 Å². The summed E-state index contributed by atoms with van der Waals surface area (Å²) in [7, 11) is 3.65. The average Bonchev–Trinajstić information content (AvgIpc) is 2.55. The molecular weight excluding hydrogens is 266 g/mol. The molecule has 1 heterocycles. The Bertz CT molecular complexity index is 359. The lowest BCUT2D eigenvalue weighted by Crippen LogP contribution is -2.47. The number of hydrogen-bond donors (Lipinski definition) is 1. The molecule has 1 aliphatic heterocycles. The number of likely N-dealkylation sites (tertiary alicyclic amines) is 1. The molecular formula is C16H29N3O2. The van der Waals surface area contributed by atoms with Gasteiger partial charge in [0.2, 0.25) is 11.8 Å². The third-order valence-corrected chi connectivity index (χ3v) is 5.08. The van der Waals surface area contributed by atoms with Crippen LogP contribution in [0, 0.1) is 5.92 Å². The molecule has 5 heteroatoms. The first-order valence-corrected chi connectivity index (χ1v) is 8.31. The highest BCUT2D eigenvalue weighted by Crippen LogP contribution is 2.22. The largest absolute Gasteiger partial charge is 0.359 e. The molecule has 2 aliphatic rings. The van der Waals surface area contributed by atoms with Crippen molar-refractivity contribution in [2.24, 2.45) is 5.92 Å². The maximum atomic E-state index is 12.4. The van der Waals surface area contributed by atoms with Crippen LogP contribution in [0.2, 0.25) is 0 Å². The van der Waals surface area contributed by atoms with Gasteiger partial charge in [-0.3, -0.25) is 14.5 Å². The number of carbonyl (C=O) groups excluding carboxylic acids is 2. The Morgan fingerprint density at radius 3 is 2.29 bits per heavy atom. The van der Waals surface area contributed by atoms with Gasteiger partial charge in [0, 0.05) is 26.1 Å². The molecule has 0 atom stereocenters. The zero-order chi connectivity index (χ0) is 15.2. The minimum absolute atomic E-state index is 0.123. The predicted octanol–water partition coefficient (Wildman–Crippen LogP) is 1.24. The van der Waals surface area contributed by atoms with E-state index in [9.17, 15) is 9.59 Å². The SMILES string of the molecule is CNC(=O)C1CCN(CC(=O)N(C)C2CCCCC2)CC1. The van der Waals surface area contributed by atoms with Crippen molar-refractivity contribution in [2.45, 2.75) is 51.0 Å². The zero-order valence-corrected chi connectivity index (χ0v) is 13.4. The van der Waals surface area contributed by atoms with E-state index in [2.05, 4.69) is 10.2 Å². The Kier molecular flexibility index (Phi) is 6.03. The molecule has 0 aromatic rings. The Morgan fingerprint density at radius 2 is 1.71 bits per heavy atom. The lowest BCUT2D eigenvalue weighted by molar-refractivity contribution is -0.134. The molecule has 0 aromatic heterocycles. The number of carbonyl (C=O) groups is 2. The van der Waals surface area contributed by atoms with Gasteiger partial charge in [-0.1, -0.05) is 19.3 Å². The standard InChI is InChI=1S/C16H29N3O2/c1-17-16(21)13-8-10-19(11-9-13)12-15(20)18(2)14-6-4-3-5-7-14/h13-14H,3-12H2,1-2H3,(H,17,21). The third kappa shape index (κ3) is 4.43. The molecule has 1 N–H and O–H groups in total. The average molecular weight is 295 g/mol. The van der Waals surface area contributed by atoms with Crippen molar-refractivity contribution in [3.8, 4) is 0 Å². The van der Waals surface area contributed by atoms with Crippen molar-refractivity contribution >= 4 is 11.8 Å². The van der Waals surface area contributed by atoms with Crippen molar-refractivity contribution in [3.05, 3.63) is 0 Å². The van der Waals surface area contributed by atoms with E-state index >= 15 is 0 Å². The van der Waals surface area contributed by atoms with Crippen LogP contribution in [0.4, 0.5) is 0 Å². The maximum Gasteiger partial charge on any atom is 0.236 e. The van der Waals surface area contributed by atoms with E-state index in [4.69, 9.17) is 0 Å². The van der Waals surface area contributed by atoms with E-state index < -0.39 is 0 Å². The van der Waals surface area contributed by atoms with E-state index in [0.717, 1.165) is 38.8 Å². The van der Waals surface area contributed by atoms with Crippen LogP contribution < -0.4 is 5.32 Å². The number of amides is 2. The van der Waals surface area contributed by atoms with Crippen LogP contribution in [0.3, 0.4) is 0 Å². The van der Waals surface area contributed by atoms with E-state index in [0.29, 0.717) is 12.6 Å². The van der Waals surface area contributed by atoms with Gasteiger partial charge in [0.1, 0.15) is 0 Å². The summed E-state index contributed by atoms with van der Waals surface area (Å²) in [5, 5.41) is 2.72. The molecule has 2 amide bonds. The normalized spacial score (nSPS) is 22.0. The molecule has 1 saturated heterocycles. The highest BCUT2D eigenvalue weighted by atomic mass is 16.2. The van der Waals surface area contributed by atoms with Gasteiger partial charge in [0.25, 0.3) is 0 Å². The maximum absolute atomic E-state index is 12.4. The summed E-state index contributed by atoms with van der Waals surface area (Å²) in [6.45, 7) is 2.21. The van der Waals surface area contributed by atoms with E-state index in [1.54, 1.807) is 7.05 Å². The molecule has 0 unspecified atom stereocenters. The minimum Gasteiger partial charge on any atom is -0.359 e. The Hall–Kier alpha value is -1.10. The van der Waals surface area contributed by atoms with Crippen molar-refractivity contribution in [1.29, 1.82) is 0 Å². The second-order valence-corrected chi connectivity index (χ2v) is 6.46. The highest BCUT2D eigenvalue weighted by Gasteiger charge is 2.27. The second-order valence-electron chi connectivity index (χ2n) is 6.46. The van der Waals surface area contributed by atoms with Gasteiger partial charge in [0.05, 0.1) is 6.54 Å². The van der Waals surface area contributed by atoms with Gasteiger partial charge in [-0.05, 0) is 38.8 Å². The molecule has 120 valence electrons. The quantitative estimate of drug-likeness (QED) is 0.849. The number of piperidine rings is 1. The lowest BCUT2D eigenvalue weighted by Gasteiger charge is -2.35. The van der Waals surface area contributed by atoms with Gasteiger partial charge in [-0.15, -0.1) is 0 Å². The van der Waals surface area contributed by atoms with Crippen molar-refractivity contribution in [3.63, 3.8) is 0 Å². The summed E-state index contributed by atoms with van der Waals surface area (Å²) in [6, 6.07) is 0.439. The van der Waals surface area contributed by atoms with E-state index in [1.165, 1.54) is 19.3 Å². The summed E-state index contributed by atoms with van der Waals surface area (Å²) in [5.74, 6) is 0.498. The van der Waals surface area contributed by atoms with Crippen LogP contribution in [-0.4, -0.2) is 61.4 Å². The van der Waals surface area contributed by atoms with Crippen LogP contribution in [0.25, 0.3) is 0 Å². The van der Waals surface area contributed by atoms with Crippen LogP contribution >= 0.6 is 0 Å². The van der Waals surface area contributed by atoms with E-state index in [-0.39, 0.29) is 17.7 Å². The first-order valence-electron chi connectivity index (χ1n) is 8.31. The number of hydrogen-bond acceptors (Lipinski definition) is 3. The second kappa shape index (κ2) is 7.78. The van der Waals surface area contributed by atoms with Crippen LogP contribution in [-0.2, 0) is 9.59 Å². The zero-order valence-electron chi connectivity index (χ0n) is 13.4. The van der Waals surface area contributed by atoms with Gasteiger partial charge in [-0.2, -0.15) is 0 Å². The Morgan fingerprint density at radius 1 is 1.10 bits per heavy atom. The van der Waals surface area contributed by atoms with Crippen molar-refractivity contribution < 1.29 is 9.59 Å². The van der Waals surface area contributed by atoms with Gasteiger partial charge in [0.15, 0.2) is 0 Å². The Labute approximate surface area is 128 Å². The molecule has 2 fully saturated rings. The predicted molar refractivity (Wildman–Crippen MR) is 82.9 cm³/mol. The number of likely N-dealkylation sites (N-methyl/N-ethyl adjacent to an activating group) is 1. The fourth-order valence-corrected chi connectivity index (χ4v) is 3.53. The summed E-state index contributed by atoms with van der Waals surface area (Å²) in [5.41, 5.74) is 0. The summed E-state index contributed by atoms with van der Waals surface area (Å²) < 4.78 is 0. The highest BCUT2D eigenvalue weighted by molar-refractivity contribution is 5.79. The van der Waals surface area contributed by atoms with Crippen LogP contribution in [0.15, 0.2) is 0 Å². The molecule has 1 saturated carbocycles. The molecule has 5 nitrogen and oxygen atoms in total. The van der Waals surface area contributed by atoms with Crippen LogP contribution in [0.1, 0.15) is 44.9 Å². The fraction of sp³-hybridized carbons (Fsp3) is 0.875.